The van der Waals surface area contributed by atoms with Gasteiger partial charge in [-0.05, 0) is 39.3 Å². The second-order valence-corrected chi connectivity index (χ2v) is 9.38. The van der Waals surface area contributed by atoms with Crippen molar-refractivity contribution in [2.24, 2.45) is 0 Å². The largest absolute Gasteiger partial charge is 0.444 e. The first-order valence-electron chi connectivity index (χ1n) is 11.6. The number of carbonyl (C=O) groups excluding carboxylic acids is 3. The molecule has 1 aliphatic heterocycles. The van der Waals surface area contributed by atoms with Gasteiger partial charge in [0.05, 0.1) is 11.3 Å². The number of alkyl halides is 3. The Morgan fingerprint density at radius 2 is 1.61 bits per heavy atom. The number of piperazine rings is 1. The first-order valence-corrected chi connectivity index (χ1v) is 11.6. The molecule has 1 fully saturated rings. The number of amides is 3. The number of rotatable bonds is 6. The van der Waals surface area contributed by atoms with Crippen LogP contribution >= 0.6 is 0 Å². The molecule has 0 saturated carbocycles. The Morgan fingerprint density at radius 3 is 2.19 bits per heavy atom. The Balaban J connectivity index is 1.48. The van der Waals surface area contributed by atoms with Crippen molar-refractivity contribution in [3.63, 3.8) is 0 Å². The fourth-order valence-electron chi connectivity index (χ4n) is 3.62. The highest BCUT2D eigenvalue weighted by atomic mass is 19.4. The molecule has 1 aliphatic rings. The fourth-order valence-corrected chi connectivity index (χ4v) is 3.62. The van der Waals surface area contributed by atoms with E-state index < -0.39 is 35.0 Å². The quantitative estimate of drug-likeness (QED) is 0.602. The second-order valence-electron chi connectivity index (χ2n) is 9.38. The van der Waals surface area contributed by atoms with Gasteiger partial charge in [-0.25, -0.2) is 9.48 Å². The predicted octanol–water partition coefficient (Wildman–Crippen LogP) is 3.48. The van der Waals surface area contributed by atoms with Gasteiger partial charge in [-0.2, -0.15) is 18.3 Å². The summed E-state index contributed by atoms with van der Waals surface area (Å²) in [6.45, 7) is 6.78. The Labute approximate surface area is 207 Å². The van der Waals surface area contributed by atoms with E-state index in [9.17, 15) is 27.6 Å². The second kappa shape index (κ2) is 11.0. The summed E-state index contributed by atoms with van der Waals surface area (Å²) < 4.78 is 46.7. The summed E-state index contributed by atoms with van der Waals surface area (Å²) in [7, 11) is 0. The minimum atomic E-state index is -4.80. The molecule has 2 aromatic rings. The lowest BCUT2D eigenvalue weighted by Crippen LogP contribution is -2.51. The molecule has 0 aliphatic carbocycles. The maximum atomic E-state index is 13.5. The molecule has 36 heavy (non-hydrogen) atoms. The monoisotopic (exact) mass is 509 g/mol. The van der Waals surface area contributed by atoms with Gasteiger partial charge in [0, 0.05) is 45.3 Å². The van der Waals surface area contributed by atoms with Crippen LogP contribution in [0.1, 0.15) is 49.7 Å². The number of ether oxygens (including phenoxy) is 1. The van der Waals surface area contributed by atoms with Gasteiger partial charge < -0.3 is 19.9 Å². The molecule has 0 bridgehead atoms. The van der Waals surface area contributed by atoms with Crippen molar-refractivity contribution in [2.45, 2.75) is 45.4 Å². The third-order valence-corrected chi connectivity index (χ3v) is 5.39. The minimum Gasteiger partial charge on any atom is -0.444 e. The molecule has 0 spiro atoms. The molecule has 0 atom stereocenters. The Morgan fingerprint density at radius 1 is 1.00 bits per heavy atom. The number of aromatic nitrogens is 2. The number of benzene rings is 1. The van der Waals surface area contributed by atoms with E-state index in [1.807, 2.05) is 0 Å². The summed E-state index contributed by atoms with van der Waals surface area (Å²) in [6, 6.07) is 8.17. The van der Waals surface area contributed by atoms with Gasteiger partial charge in [0.2, 0.25) is 5.91 Å². The minimum absolute atomic E-state index is 0.0241. The van der Waals surface area contributed by atoms with Crippen LogP contribution in [-0.2, 0) is 15.7 Å². The average molecular weight is 510 g/mol. The van der Waals surface area contributed by atoms with Crippen LogP contribution in [0.25, 0.3) is 5.69 Å². The van der Waals surface area contributed by atoms with Gasteiger partial charge in [0.15, 0.2) is 5.69 Å². The van der Waals surface area contributed by atoms with Crippen molar-refractivity contribution in [2.75, 3.05) is 32.7 Å². The van der Waals surface area contributed by atoms with E-state index in [0.717, 1.165) is 10.9 Å². The zero-order valence-electron chi connectivity index (χ0n) is 20.5. The highest BCUT2D eigenvalue weighted by Crippen LogP contribution is 2.31. The molecule has 196 valence electrons. The predicted molar refractivity (Wildman–Crippen MR) is 125 cm³/mol. The van der Waals surface area contributed by atoms with Gasteiger partial charge in [-0.15, -0.1) is 0 Å². The van der Waals surface area contributed by atoms with Gasteiger partial charge >= 0.3 is 12.3 Å². The van der Waals surface area contributed by atoms with Crippen molar-refractivity contribution >= 4 is 17.9 Å². The molecular formula is C24H30F3N5O4. The van der Waals surface area contributed by atoms with E-state index in [1.54, 1.807) is 60.9 Å². The van der Waals surface area contributed by atoms with Crippen LogP contribution < -0.4 is 5.32 Å². The van der Waals surface area contributed by atoms with E-state index in [4.69, 9.17) is 4.74 Å². The van der Waals surface area contributed by atoms with Crippen molar-refractivity contribution in [3.8, 4) is 5.69 Å². The van der Waals surface area contributed by atoms with E-state index in [-0.39, 0.29) is 25.3 Å². The standard InChI is InChI=1S/C24H30F3N5O4/c1-23(2,3)36-22(35)31-14-12-30(13-15-31)19(33)10-7-11-28-21(34)18-16-32(17-8-5-4-6-9-17)29-20(18)24(25,26)27/h4-6,8-9,16H,7,10-15H2,1-3H3,(H,28,34). The number of nitrogens with one attached hydrogen (secondary N) is 1. The molecule has 1 saturated heterocycles. The molecule has 2 heterocycles. The smallest absolute Gasteiger partial charge is 0.435 e. The maximum Gasteiger partial charge on any atom is 0.435 e. The molecule has 1 aromatic carbocycles. The maximum absolute atomic E-state index is 13.5. The Bertz CT molecular complexity index is 1070. The SMILES string of the molecule is CC(C)(C)OC(=O)N1CCN(C(=O)CCCNC(=O)c2cn(-c3ccccc3)nc2C(F)(F)F)CC1. The lowest BCUT2D eigenvalue weighted by atomic mass is 10.2. The molecule has 3 rings (SSSR count). The number of hydrogen-bond acceptors (Lipinski definition) is 5. The van der Waals surface area contributed by atoms with Gasteiger partial charge in [-0.1, -0.05) is 18.2 Å². The van der Waals surface area contributed by atoms with Crippen LogP contribution in [0.15, 0.2) is 36.5 Å². The van der Waals surface area contributed by atoms with Crippen LogP contribution in [0, 0.1) is 0 Å². The molecule has 0 unspecified atom stereocenters. The Kier molecular flexibility index (Phi) is 8.26. The van der Waals surface area contributed by atoms with Crippen molar-refractivity contribution in [1.82, 2.24) is 24.9 Å². The van der Waals surface area contributed by atoms with E-state index in [0.29, 0.717) is 31.9 Å². The lowest BCUT2D eigenvalue weighted by Gasteiger charge is -2.35. The van der Waals surface area contributed by atoms with Crippen LogP contribution in [0.5, 0.6) is 0 Å². The summed E-state index contributed by atoms with van der Waals surface area (Å²) in [5, 5.41) is 6.01. The van der Waals surface area contributed by atoms with Gasteiger partial charge in [-0.3, -0.25) is 9.59 Å². The lowest BCUT2D eigenvalue weighted by molar-refractivity contribution is -0.141. The molecule has 3 amide bonds. The Hall–Kier alpha value is -3.57. The number of nitrogens with zero attached hydrogens (tertiary/aromatic N) is 4. The summed E-state index contributed by atoms with van der Waals surface area (Å²) >= 11 is 0. The number of halogens is 3. The topological polar surface area (TPSA) is 96.8 Å². The summed E-state index contributed by atoms with van der Waals surface area (Å²) in [5.41, 5.74) is -2.08. The number of carbonyl (C=O) groups is 3. The summed E-state index contributed by atoms with van der Waals surface area (Å²) in [5.74, 6) is -1.07. The van der Waals surface area contributed by atoms with E-state index >= 15 is 0 Å². The molecule has 1 N–H and O–H groups in total. The third kappa shape index (κ3) is 7.22. The van der Waals surface area contributed by atoms with Crippen molar-refractivity contribution < 1.29 is 32.3 Å². The summed E-state index contributed by atoms with van der Waals surface area (Å²) in [6.07, 6.45) is -3.81. The van der Waals surface area contributed by atoms with Gasteiger partial charge in [0.25, 0.3) is 5.91 Å². The van der Waals surface area contributed by atoms with E-state index in [2.05, 4.69) is 10.4 Å². The highest BCUT2D eigenvalue weighted by Gasteiger charge is 2.39. The fraction of sp³-hybridized carbons (Fsp3) is 0.500. The molecule has 12 heteroatoms. The zero-order chi connectivity index (χ0) is 26.5. The highest BCUT2D eigenvalue weighted by molar-refractivity contribution is 5.95. The molecule has 1 aromatic heterocycles. The van der Waals surface area contributed by atoms with Crippen LogP contribution in [-0.4, -0.2) is 75.8 Å². The average Bonchev–Trinajstić information content (AvgIpc) is 3.28. The summed E-state index contributed by atoms with van der Waals surface area (Å²) in [4.78, 5) is 40.3. The third-order valence-electron chi connectivity index (χ3n) is 5.39. The van der Waals surface area contributed by atoms with Crippen LogP contribution in [0.4, 0.5) is 18.0 Å². The van der Waals surface area contributed by atoms with Crippen molar-refractivity contribution in [1.29, 1.82) is 0 Å². The van der Waals surface area contributed by atoms with Gasteiger partial charge in [0.1, 0.15) is 5.60 Å². The van der Waals surface area contributed by atoms with E-state index in [1.165, 1.54) is 0 Å². The molecule has 0 radical (unpaired) electrons. The molecular weight excluding hydrogens is 479 g/mol. The zero-order valence-corrected chi connectivity index (χ0v) is 20.5. The normalized spacial score (nSPS) is 14.5. The number of hydrogen-bond donors (Lipinski definition) is 1. The molecule has 9 nitrogen and oxygen atoms in total. The number of para-hydroxylation sites is 1. The first-order chi connectivity index (χ1) is 16.8. The van der Waals surface area contributed by atoms with Crippen molar-refractivity contribution in [3.05, 3.63) is 47.8 Å². The van der Waals surface area contributed by atoms with Crippen LogP contribution in [0.2, 0.25) is 0 Å². The van der Waals surface area contributed by atoms with Crippen LogP contribution in [0.3, 0.4) is 0 Å². The first kappa shape index (κ1) is 27.0.